The lowest BCUT2D eigenvalue weighted by Crippen LogP contribution is -2.13. The van der Waals surface area contributed by atoms with E-state index in [1.807, 2.05) is 36.4 Å². The summed E-state index contributed by atoms with van der Waals surface area (Å²) < 4.78 is 5.23. The molecule has 0 aliphatic rings. The molecule has 2 aromatic carbocycles. The first-order chi connectivity index (χ1) is 9.77. The van der Waals surface area contributed by atoms with Gasteiger partial charge in [-0.25, -0.2) is 0 Å². The summed E-state index contributed by atoms with van der Waals surface area (Å²) in [5.74, 6) is -0.0101. The van der Waals surface area contributed by atoms with E-state index >= 15 is 0 Å². The van der Waals surface area contributed by atoms with E-state index in [9.17, 15) is 4.79 Å². The molecule has 3 heteroatoms. The lowest BCUT2D eigenvalue weighted by Gasteiger charge is -2.15. The smallest absolute Gasteiger partial charge is 0.175 e. The van der Waals surface area contributed by atoms with Gasteiger partial charge in [-0.2, -0.15) is 5.26 Å². The maximum atomic E-state index is 12.7. The van der Waals surface area contributed by atoms with Crippen LogP contribution in [0.4, 0.5) is 0 Å². The molecule has 1 unspecified atom stereocenters. The summed E-state index contributed by atoms with van der Waals surface area (Å²) in [7, 11) is 1.54. The van der Waals surface area contributed by atoms with Gasteiger partial charge < -0.3 is 4.74 Å². The number of nitrogens with zero attached hydrogens (tertiary/aromatic N) is 1. The van der Waals surface area contributed by atoms with Gasteiger partial charge in [0.2, 0.25) is 0 Å². The summed E-state index contributed by atoms with van der Waals surface area (Å²) in [6.07, 6.45) is 0.154. The van der Waals surface area contributed by atoms with Crippen LogP contribution in [0.5, 0.6) is 5.75 Å². The number of nitriles is 1. The molecule has 0 aliphatic heterocycles. The van der Waals surface area contributed by atoms with E-state index in [0.717, 1.165) is 5.56 Å². The summed E-state index contributed by atoms with van der Waals surface area (Å²) in [4.78, 5) is 12.7. The van der Waals surface area contributed by atoms with Crippen molar-refractivity contribution < 1.29 is 9.53 Å². The van der Waals surface area contributed by atoms with Crippen LogP contribution in [0, 0.1) is 11.3 Å². The van der Waals surface area contributed by atoms with Crippen LogP contribution in [0.2, 0.25) is 0 Å². The molecular weight excluding hydrogens is 250 g/mol. The van der Waals surface area contributed by atoms with Gasteiger partial charge in [0.15, 0.2) is 5.78 Å². The molecule has 2 aromatic rings. The van der Waals surface area contributed by atoms with Crippen molar-refractivity contribution in [3.05, 3.63) is 65.7 Å². The number of rotatable bonds is 5. The minimum atomic E-state index is -0.461. The Morgan fingerprint density at radius 1 is 1.15 bits per heavy atom. The predicted molar refractivity (Wildman–Crippen MR) is 76.7 cm³/mol. The van der Waals surface area contributed by atoms with Gasteiger partial charge in [-0.1, -0.05) is 42.5 Å². The zero-order chi connectivity index (χ0) is 14.4. The second-order valence-corrected chi connectivity index (χ2v) is 4.39. The molecule has 0 saturated heterocycles. The first-order valence-corrected chi connectivity index (χ1v) is 6.37. The summed E-state index contributed by atoms with van der Waals surface area (Å²) in [6, 6.07) is 18.6. The summed E-state index contributed by atoms with van der Waals surface area (Å²) >= 11 is 0. The van der Waals surface area contributed by atoms with Crippen LogP contribution in [0.1, 0.15) is 28.3 Å². The Bertz CT molecular complexity index is 629. The maximum Gasteiger partial charge on any atom is 0.175 e. The van der Waals surface area contributed by atoms with Crippen LogP contribution < -0.4 is 4.74 Å². The monoisotopic (exact) mass is 265 g/mol. The molecule has 20 heavy (non-hydrogen) atoms. The van der Waals surface area contributed by atoms with E-state index in [1.165, 1.54) is 7.11 Å². The number of ketones is 1. The van der Waals surface area contributed by atoms with E-state index in [4.69, 9.17) is 10.00 Å². The minimum Gasteiger partial charge on any atom is -0.496 e. The van der Waals surface area contributed by atoms with Crippen molar-refractivity contribution in [3.63, 3.8) is 0 Å². The van der Waals surface area contributed by atoms with Crippen LogP contribution >= 0.6 is 0 Å². The fraction of sp³-hybridized carbons (Fsp3) is 0.176. The second-order valence-electron chi connectivity index (χ2n) is 4.39. The molecule has 0 heterocycles. The number of carbonyl (C=O) groups excluding carboxylic acids is 1. The fourth-order valence-corrected chi connectivity index (χ4v) is 2.17. The fourth-order valence-electron chi connectivity index (χ4n) is 2.17. The van der Waals surface area contributed by atoms with Gasteiger partial charge in [0.1, 0.15) is 5.75 Å². The SMILES string of the molecule is COc1ccccc1C(=O)C(CC#N)c1ccccc1. The van der Waals surface area contributed by atoms with E-state index in [0.29, 0.717) is 11.3 Å². The van der Waals surface area contributed by atoms with Gasteiger partial charge in [0, 0.05) is 6.42 Å². The Morgan fingerprint density at radius 3 is 2.45 bits per heavy atom. The zero-order valence-electron chi connectivity index (χ0n) is 11.2. The quantitative estimate of drug-likeness (QED) is 0.776. The van der Waals surface area contributed by atoms with Gasteiger partial charge >= 0.3 is 0 Å². The van der Waals surface area contributed by atoms with Gasteiger partial charge in [0.25, 0.3) is 0 Å². The number of benzene rings is 2. The van der Waals surface area contributed by atoms with Crippen LogP contribution in [-0.2, 0) is 0 Å². The molecule has 3 nitrogen and oxygen atoms in total. The normalized spacial score (nSPS) is 11.4. The maximum absolute atomic E-state index is 12.7. The van der Waals surface area contributed by atoms with Crippen LogP contribution in [0.3, 0.4) is 0 Å². The number of carbonyl (C=O) groups is 1. The second kappa shape index (κ2) is 6.53. The average Bonchev–Trinajstić information content (AvgIpc) is 2.52. The molecule has 0 amide bonds. The third-order valence-electron chi connectivity index (χ3n) is 3.19. The Hall–Kier alpha value is -2.60. The van der Waals surface area contributed by atoms with Crippen molar-refractivity contribution in [1.29, 1.82) is 5.26 Å². The molecule has 2 rings (SSSR count). The predicted octanol–water partition coefficient (Wildman–Crippen LogP) is 3.58. The number of para-hydroxylation sites is 1. The molecule has 100 valence electrons. The number of hydrogen-bond acceptors (Lipinski definition) is 3. The minimum absolute atomic E-state index is 0.0878. The van der Waals surface area contributed by atoms with Gasteiger partial charge in [-0.05, 0) is 17.7 Å². The lowest BCUT2D eigenvalue weighted by molar-refractivity contribution is 0.0957. The highest BCUT2D eigenvalue weighted by molar-refractivity contribution is 6.03. The van der Waals surface area contributed by atoms with Crippen LogP contribution in [0.15, 0.2) is 54.6 Å². The number of hydrogen-bond donors (Lipinski definition) is 0. The van der Waals surface area contributed by atoms with Crippen molar-refractivity contribution in [2.24, 2.45) is 0 Å². The first-order valence-electron chi connectivity index (χ1n) is 6.37. The standard InChI is InChI=1S/C17H15NO2/c1-20-16-10-6-5-9-15(16)17(19)14(11-12-18)13-7-3-2-4-8-13/h2-10,14H,11H2,1H3. The van der Waals surface area contributed by atoms with E-state index in [2.05, 4.69) is 6.07 Å². The lowest BCUT2D eigenvalue weighted by atomic mass is 9.88. The van der Waals surface area contributed by atoms with Crippen molar-refractivity contribution >= 4 is 5.78 Å². The van der Waals surface area contributed by atoms with E-state index in [-0.39, 0.29) is 12.2 Å². The molecule has 0 fully saturated rings. The summed E-state index contributed by atoms with van der Waals surface area (Å²) in [6.45, 7) is 0. The molecule has 0 spiro atoms. The van der Waals surface area contributed by atoms with E-state index < -0.39 is 5.92 Å². The van der Waals surface area contributed by atoms with Gasteiger partial charge in [-0.3, -0.25) is 4.79 Å². The zero-order valence-corrected chi connectivity index (χ0v) is 11.2. The summed E-state index contributed by atoms with van der Waals surface area (Å²) in [5, 5.41) is 8.99. The molecule has 0 saturated carbocycles. The average molecular weight is 265 g/mol. The molecule has 0 radical (unpaired) electrons. The number of methoxy groups -OCH3 is 1. The van der Waals surface area contributed by atoms with Crippen molar-refractivity contribution in [2.45, 2.75) is 12.3 Å². The molecule has 0 bridgehead atoms. The van der Waals surface area contributed by atoms with Gasteiger partial charge in [-0.15, -0.1) is 0 Å². The highest BCUT2D eigenvalue weighted by Gasteiger charge is 2.24. The number of ether oxygens (including phenoxy) is 1. The number of Topliss-reactive ketones (excluding diaryl/α,β-unsaturated/α-hetero) is 1. The Labute approximate surface area is 118 Å². The Morgan fingerprint density at radius 2 is 1.80 bits per heavy atom. The molecule has 1 atom stereocenters. The molecular formula is C17H15NO2. The van der Waals surface area contributed by atoms with Crippen LogP contribution in [0.25, 0.3) is 0 Å². The van der Waals surface area contributed by atoms with E-state index in [1.54, 1.807) is 18.2 Å². The van der Waals surface area contributed by atoms with Crippen LogP contribution in [-0.4, -0.2) is 12.9 Å². The third kappa shape index (κ3) is 2.86. The molecule has 0 aromatic heterocycles. The first kappa shape index (κ1) is 13.8. The largest absolute Gasteiger partial charge is 0.496 e. The van der Waals surface area contributed by atoms with Crippen molar-refractivity contribution in [2.75, 3.05) is 7.11 Å². The Balaban J connectivity index is 2.40. The summed E-state index contributed by atoms with van der Waals surface area (Å²) in [5.41, 5.74) is 1.36. The van der Waals surface area contributed by atoms with Gasteiger partial charge in [0.05, 0.1) is 24.7 Å². The van der Waals surface area contributed by atoms with Crippen molar-refractivity contribution in [1.82, 2.24) is 0 Å². The Kier molecular flexibility index (Phi) is 4.52. The topological polar surface area (TPSA) is 50.1 Å². The molecule has 0 N–H and O–H groups in total. The molecule has 0 aliphatic carbocycles. The highest BCUT2D eigenvalue weighted by atomic mass is 16.5. The third-order valence-corrected chi connectivity index (χ3v) is 3.19. The van der Waals surface area contributed by atoms with Crippen molar-refractivity contribution in [3.8, 4) is 11.8 Å². The highest BCUT2D eigenvalue weighted by Crippen LogP contribution is 2.28.